The number of hydrogen-bond acceptors (Lipinski definition) is 2. The van der Waals surface area contributed by atoms with Crippen LogP contribution in [-0.2, 0) is 4.79 Å². The summed E-state index contributed by atoms with van der Waals surface area (Å²) in [5.41, 5.74) is 3.16. The van der Waals surface area contributed by atoms with Crippen molar-refractivity contribution < 1.29 is 4.79 Å². The van der Waals surface area contributed by atoms with Gasteiger partial charge in [0.25, 0.3) is 0 Å². The van der Waals surface area contributed by atoms with E-state index in [2.05, 4.69) is 10.5 Å². The lowest BCUT2D eigenvalue weighted by atomic mass is 10.2. The average molecular weight is 273 g/mol. The molecule has 1 amide bonds. The number of benzene rings is 1. The summed E-state index contributed by atoms with van der Waals surface area (Å²) in [6.07, 6.45) is 3.84. The molecule has 0 heterocycles. The van der Waals surface area contributed by atoms with Gasteiger partial charge in [-0.2, -0.15) is 5.10 Å². The number of carbonyl (C=O) groups is 1. The molecule has 5 heteroatoms. The Kier molecular flexibility index (Phi) is 6.01. The molecule has 1 aromatic rings. The second kappa shape index (κ2) is 7.30. The number of rotatable bonds is 5. The van der Waals surface area contributed by atoms with Crippen molar-refractivity contribution in [2.24, 2.45) is 5.10 Å². The van der Waals surface area contributed by atoms with E-state index in [0.29, 0.717) is 22.0 Å². The van der Waals surface area contributed by atoms with Crippen LogP contribution in [0.3, 0.4) is 0 Å². The summed E-state index contributed by atoms with van der Waals surface area (Å²) in [4.78, 5) is 11.3. The third-order valence-corrected chi connectivity index (χ3v) is 2.68. The van der Waals surface area contributed by atoms with Crippen LogP contribution < -0.4 is 5.43 Å². The summed E-state index contributed by atoms with van der Waals surface area (Å²) in [5.74, 6) is -0.0896. The lowest BCUT2D eigenvalue weighted by molar-refractivity contribution is -0.121. The molecule has 92 valence electrons. The average Bonchev–Trinajstić information content (AvgIpc) is 2.29. The van der Waals surface area contributed by atoms with E-state index in [0.717, 1.165) is 12.8 Å². The second-order valence-corrected chi connectivity index (χ2v) is 4.41. The Morgan fingerprint density at radius 2 is 2.24 bits per heavy atom. The smallest absolute Gasteiger partial charge is 0.240 e. The fourth-order valence-electron chi connectivity index (χ4n) is 1.17. The topological polar surface area (TPSA) is 41.5 Å². The van der Waals surface area contributed by atoms with Gasteiger partial charge in [0, 0.05) is 17.0 Å². The highest BCUT2D eigenvalue weighted by molar-refractivity contribution is 6.36. The summed E-state index contributed by atoms with van der Waals surface area (Å²) < 4.78 is 0. The van der Waals surface area contributed by atoms with Gasteiger partial charge in [0.05, 0.1) is 11.2 Å². The van der Waals surface area contributed by atoms with Gasteiger partial charge in [-0.25, -0.2) is 5.43 Å². The van der Waals surface area contributed by atoms with Crippen molar-refractivity contribution in [3.05, 3.63) is 33.8 Å². The zero-order chi connectivity index (χ0) is 12.7. The fraction of sp³-hybridized carbons (Fsp3) is 0.333. The van der Waals surface area contributed by atoms with Crippen molar-refractivity contribution in [2.75, 3.05) is 0 Å². The quantitative estimate of drug-likeness (QED) is 0.646. The molecular weight excluding hydrogens is 259 g/mol. The van der Waals surface area contributed by atoms with Gasteiger partial charge in [-0.05, 0) is 18.6 Å². The van der Waals surface area contributed by atoms with E-state index in [4.69, 9.17) is 23.2 Å². The van der Waals surface area contributed by atoms with Crippen LogP contribution in [0.1, 0.15) is 31.7 Å². The Labute approximate surface area is 111 Å². The highest BCUT2D eigenvalue weighted by Gasteiger charge is 1.99. The molecule has 0 bridgehead atoms. The molecule has 0 aliphatic heterocycles. The molecule has 0 aromatic heterocycles. The Balaban J connectivity index is 2.50. The number of unbranched alkanes of at least 4 members (excludes halogenated alkanes) is 1. The number of nitrogens with zero attached hydrogens (tertiary/aromatic N) is 1. The first-order valence-electron chi connectivity index (χ1n) is 5.40. The van der Waals surface area contributed by atoms with Crippen LogP contribution in [-0.4, -0.2) is 12.1 Å². The second-order valence-electron chi connectivity index (χ2n) is 3.56. The normalized spacial score (nSPS) is 10.8. The first kappa shape index (κ1) is 14.0. The van der Waals surface area contributed by atoms with Crippen LogP contribution in [0, 0.1) is 0 Å². The van der Waals surface area contributed by atoms with E-state index in [1.54, 1.807) is 18.2 Å². The largest absolute Gasteiger partial charge is 0.273 e. The third-order valence-electron chi connectivity index (χ3n) is 2.11. The maximum atomic E-state index is 11.3. The first-order valence-corrected chi connectivity index (χ1v) is 6.16. The maximum Gasteiger partial charge on any atom is 0.240 e. The molecule has 0 atom stereocenters. The molecule has 0 saturated heterocycles. The summed E-state index contributed by atoms with van der Waals surface area (Å²) >= 11 is 11.7. The molecule has 1 rings (SSSR count). The van der Waals surface area contributed by atoms with Gasteiger partial charge in [0.1, 0.15) is 0 Å². The summed E-state index contributed by atoms with van der Waals surface area (Å²) in [7, 11) is 0. The molecule has 0 radical (unpaired) electrons. The molecule has 0 fully saturated rings. The lowest BCUT2D eigenvalue weighted by Crippen LogP contribution is -2.16. The lowest BCUT2D eigenvalue weighted by Gasteiger charge is -1.99. The van der Waals surface area contributed by atoms with E-state index in [9.17, 15) is 4.79 Å². The molecule has 1 N–H and O–H groups in total. The molecule has 0 saturated carbocycles. The monoisotopic (exact) mass is 272 g/mol. The molecular formula is C12H14Cl2N2O. The number of nitrogens with one attached hydrogen (secondary N) is 1. The van der Waals surface area contributed by atoms with Gasteiger partial charge in [-0.3, -0.25) is 4.79 Å². The van der Waals surface area contributed by atoms with Crippen LogP contribution in [0.15, 0.2) is 23.3 Å². The molecule has 17 heavy (non-hydrogen) atoms. The van der Waals surface area contributed by atoms with Gasteiger partial charge in [0.2, 0.25) is 5.91 Å². The van der Waals surface area contributed by atoms with E-state index in [1.165, 1.54) is 6.21 Å². The zero-order valence-electron chi connectivity index (χ0n) is 9.54. The van der Waals surface area contributed by atoms with Gasteiger partial charge in [-0.1, -0.05) is 42.6 Å². The van der Waals surface area contributed by atoms with Crippen molar-refractivity contribution in [2.45, 2.75) is 26.2 Å². The van der Waals surface area contributed by atoms with Gasteiger partial charge >= 0.3 is 0 Å². The molecule has 0 aliphatic rings. The standard InChI is InChI=1S/C12H14Cl2N2O/c1-2-3-4-12(17)16-15-8-9-5-6-10(13)7-11(9)14/h5-8H,2-4H2,1H3,(H,16,17)/b15-8-. The number of carbonyl (C=O) groups excluding carboxylic acids is 1. The van der Waals surface area contributed by atoms with E-state index >= 15 is 0 Å². The van der Waals surface area contributed by atoms with E-state index < -0.39 is 0 Å². The number of hydrazone groups is 1. The number of halogens is 2. The minimum Gasteiger partial charge on any atom is -0.273 e. The Morgan fingerprint density at radius 3 is 2.88 bits per heavy atom. The Bertz CT molecular complexity index is 419. The van der Waals surface area contributed by atoms with E-state index in [1.807, 2.05) is 6.92 Å². The van der Waals surface area contributed by atoms with Gasteiger partial charge < -0.3 is 0 Å². The predicted octanol–water partition coefficient (Wildman–Crippen LogP) is 3.63. The van der Waals surface area contributed by atoms with Crippen molar-refractivity contribution in [3.8, 4) is 0 Å². The minimum atomic E-state index is -0.0896. The third kappa shape index (κ3) is 5.20. The number of amides is 1. The molecule has 3 nitrogen and oxygen atoms in total. The van der Waals surface area contributed by atoms with Gasteiger partial charge in [0.15, 0.2) is 0 Å². The van der Waals surface area contributed by atoms with Crippen LogP contribution in [0.25, 0.3) is 0 Å². The van der Waals surface area contributed by atoms with Crippen molar-refractivity contribution >= 4 is 35.3 Å². The van der Waals surface area contributed by atoms with E-state index in [-0.39, 0.29) is 5.91 Å². The van der Waals surface area contributed by atoms with Crippen LogP contribution in [0.5, 0.6) is 0 Å². The first-order chi connectivity index (χ1) is 8.13. The highest BCUT2D eigenvalue weighted by atomic mass is 35.5. The van der Waals surface area contributed by atoms with Crippen molar-refractivity contribution in [1.82, 2.24) is 5.43 Å². The summed E-state index contributed by atoms with van der Waals surface area (Å²) in [6, 6.07) is 5.09. The van der Waals surface area contributed by atoms with Crippen molar-refractivity contribution in [1.29, 1.82) is 0 Å². The summed E-state index contributed by atoms with van der Waals surface area (Å²) in [6.45, 7) is 2.03. The maximum absolute atomic E-state index is 11.3. The predicted molar refractivity (Wildman–Crippen MR) is 71.7 cm³/mol. The molecule has 0 spiro atoms. The Morgan fingerprint density at radius 1 is 1.47 bits per heavy atom. The summed E-state index contributed by atoms with van der Waals surface area (Å²) in [5, 5.41) is 4.91. The zero-order valence-corrected chi connectivity index (χ0v) is 11.1. The highest BCUT2D eigenvalue weighted by Crippen LogP contribution is 2.19. The minimum absolute atomic E-state index is 0.0896. The fourth-order valence-corrected chi connectivity index (χ4v) is 1.63. The van der Waals surface area contributed by atoms with Crippen LogP contribution >= 0.6 is 23.2 Å². The molecule has 0 aliphatic carbocycles. The SMILES string of the molecule is CCCCC(=O)N/N=C\c1ccc(Cl)cc1Cl. The van der Waals surface area contributed by atoms with Crippen LogP contribution in [0.2, 0.25) is 10.0 Å². The Hall–Kier alpha value is -1.06. The van der Waals surface area contributed by atoms with Gasteiger partial charge in [-0.15, -0.1) is 0 Å². The van der Waals surface area contributed by atoms with Crippen LogP contribution in [0.4, 0.5) is 0 Å². The number of hydrogen-bond donors (Lipinski definition) is 1. The molecule has 1 aromatic carbocycles. The molecule has 0 unspecified atom stereocenters. The van der Waals surface area contributed by atoms with Crippen molar-refractivity contribution in [3.63, 3.8) is 0 Å².